The van der Waals surface area contributed by atoms with Crippen LogP contribution in [0, 0.1) is 23.7 Å². The standard InChI is InChI=1S/C40H45F3N8O4/c1-24-4-7-31-30(20-45-48-31)32(24)33-28(26-5-6-26)18-29-34(35(33)54-23-40(41,42)43)46-38(55-27-8-12-49(13-9-27)16-17-53-3)47-36(29)50-14-10-39(11-15-50)21-51(22-39)37(52)25(2)19-44/h4,7,18,20,26-27H,2,5-6,8-17,21-23H2,1,3H3,(H,45,48). The first kappa shape index (κ1) is 37.0. The molecule has 1 aliphatic carbocycles. The number of hydrogen-bond acceptors (Lipinski definition) is 10. The zero-order chi connectivity index (χ0) is 38.5. The van der Waals surface area contributed by atoms with Crippen molar-refractivity contribution in [1.29, 1.82) is 5.26 Å². The molecular weight excluding hydrogens is 713 g/mol. The summed E-state index contributed by atoms with van der Waals surface area (Å²) in [5.41, 5.74) is 4.04. The Morgan fingerprint density at radius 1 is 1.07 bits per heavy atom. The van der Waals surface area contributed by atoms with Crippen molar-refractivity contribution < 1.29 is 32.2 Å². The van der Waals surface area contributed by atoms with Crippen molar-refractivity contribution in [3.63, 3.8) is 0 Å². The fraction of sp³-hybridized carbons (Fsp3) is 0.525. The zero-order valence-corrected chi connectivity index (χ0v) is 31.2. The van der Waals surface area contributed by atoms with Crippen LogP contribution in [-0.2, 0) is 9.53 Å². The Morgan fingerprint density at radius 2 is 1.82 bits per heavy atom. The molecular formula is C40H45F3N8O4. The summed E-state index contributed by atoms with van der Waals surface area (Å²) in [7, 11) is 1.69. The van der Waals surface area contributed by atoms with Gasteiger partial charge in [-0.3, -0.25) is 9.89 Å². The van der Waals surface area contributed by atoms with Gasteiger partial charge in [-0.05, 0) is 80.2 Å². The fourth-order valence-corrected chi connectivity index (χ4v) is 8.52. The minimum atomic E-state index is -4.60. The van der Waals surface area contributed by atoms with E-state index in [2.05, 4.69) is 32.6 Å². The number of fused-ring (bicyclic) bond motifs is 2. The maximum absolute atomic E-state index is 14.1. The second kappa shape index (κ2) is 14.6. The number of hydrogen-bond donors (Lipinski definition) is 1. The number of piperidine rings is 2. The smallest absolute Gasteiger partial charge is 0.422 e. The number of nitriles is 1. The van der Waals surface area contributed by atoms with E-state index >= 15 is 0 Å². The van der Waals surface area contributed by atoms with E-state index in [0.29, 0.717) is 49.6 Å². The van der Waals surface area contributed by atoms with Gasteiger partial charge < -0.3 is 28.9 Å². The summed E-state index contributed by atoms with van der Waals surface area (Å²) in [5, 5.41) is 17.9. The van der Waals surface area contributed by atoms with E-state index in [-0.39, 0.29) is 46.2 Å². The molecule has 0 atom stereocenters. The van der Waals surface area contributed by atoms with Crippen LogP contribution in [0.3, 0.4) is 0 Å². The third-order valence-electron chi connectivity index (χ3n) is 11.7. The molecule has 4 fully saturated rings. The van der Waals surface area contributed by atoms with Gasteiger partial charge in [0, 0.05) is 74.7 Å². The second-order valence-corrected chi connectivity index (χ2v) is 15.6. The molecule has 3 saturated heterocycles. The number of amides is 1. The SMILES string of the molecule is C=C(C#N)C(=O)N1CC2(CCN(c3nc(OC4CCN(CCOC)CC4)nc4c(OCC(F)(F)F)c(-c5c(C)ccc6[nH]ncc56)c(C5CC5)cc34)CC2)C1. The fourth-order valence-electron chi connectivity index (χ4n) is 8.52. The van der Waals surface area contributed by atoms with Crippen molar-refractivity contribution in [2.75, 3.05) is 71.0 Å². The number of nitrogens with zero attached hydrogens (tertiary/aromatic N) is 7. The molecule has 4 aromatic rings. The van der Waals surface area contributed by atoms with Crippen LogP contribution in [0.5, 0.6) is 11.8 Å². The molecule has 0 bridgehead atoms. The molecule has 0 radical (unpaired) electrons. The Labute approximate surface area is 317 Å². The highest BCUT2D eigenvalue weighted by Gasteiger charge is 2.47. The Kier molecular flexibility index (Phi) is 9.83. The van der Waals surface area contributed by atoms with Crippen LogP contribution in [0.4, 0.5) is 19.0 Å². The lowest BCUT2D eigenvalue weighted by molar-refractivity contribution is -0.153. The number of aryl methyl sites for hydroxylation is 1. The van der Waals surface area contributed by atoms with Crippen molar-refractivity contribution in [3.05, 3.63) is 47.7 Å². The third kappa shape index (κ3) is 7.41. The molecule has 3 aliphatic heterocycles. The number of aromatic amines is 1. The Morgan fingerprint density at radius 3 is 2.49 bits per heavy atom. The van der Waals surface area contributed by atoms with Gasteiger partial charge in [-0.15, -0.1) is 0 Å². The van der Waals surface area contributed by atoms with E-state index in [1.165, 1.54) is 0 Å². The van der Waals surface area contributed by atoms with Crippen LogP contribution < -0.4 is 14.4 Å². The summed E-state index contributed by atoms with van der Waals surface area (Å²) in [4.78, 5) is 28.7. The third-order valence-corrected chi connectivity index (χ3v) is 11.7. The van der Waals surface area contributed by atoms with Gasteiger partial charge in [0.15, 0.2) is 12.4 Å². The zero-order valence-electron chi connectivity index (χ0n) is 31.2. The molecule has 2 aromatic heterocycles. The minimum Gasteiger partial charge on any atom is -0.481 e. The number of benzene rings is 2. The quantitative estimate of drug-likeness (QED) is 0.137. The van der Waals surface area contributed by atoms with E-state index in [1.54, 1.807) is 18.2 Å². The maximum Gasteiger partial charge on any atom is 0.422 e. The van der Waals surface area contributed by atoms with E-state index in [0.717, 1.165) is 85.8 Å². The topological polar surface area (TPSA) is 133 Å². The number of methoxy groups -OCH3 is 1. The number of halogens is 3. The predicted octanol–water partition coefficient (Wildman–Crippen LogP) is 6.30. The number of carbonyl (C=O) groups is 1. The molecule has 1 saturated carbocycles. The molecule has 12 nitrogen and oxygen atoms in total. The number of alkyl halides is 3. The van der Waals surface area contributed by atoms with E-state index in [1.807, 2.05) is 25.1 Å². The molecule has 1 N–H and O–H groups in total. The molecule has 2 aromatic carbocycles. The van der Waals surface area contributed by atoms with Gasteiger partial charge in [0.2, 0.25) is 0 Å². The van der Waals surface area contributed by atoms with Crippen LogP contribution >= 0.6 is 0 Å². The summed E-state index contributed by atoms with van der Waals surface area (Å²) < 4.78 is 60.0. The van der Waals surface area contributed by atoms with Gasteiger partial charge in [-0.2, -0.15) is 33.5 Å². The van der Waals surface area contributed by atoms with Gasteiger partial charge in [-0.1, -0.05) is 12.6 Å². The number of likely N-dealkylation sites (tertiary alicyclic amines) is 2. The Hall–Kier alpha value is -4.94. The van der Waals surface area contributed by atoms with E-state index in [4.69, 9.17) is 24.2 Å². The lowest BCUT2D eigenvalue weighted by atomic mass is 9.71. The van der Waals surface area contributed by atoms with E-state index < -0.39 is 12.8 Å². The van der Waals surface area contributed by atoms with Gasteiger partial charge in [0.25, 0.3) is 5.91 Å². The molecule has 1 spiro atoms. The summed E-state index contributed by atoms with van der Waals surface area (Å²) in [6.07, 6.45) is 1.75. The van der Waals surface area contributed by atoms with Crippen molar-refractivity contribution in [3.8, 4) is 29.0 Å². The molecule has 1 amide bonds. The lowest BCUT2D eigenvalue weighted by Gasteiger charge is -2.54. The first-order valence-electron chi connectivity index (χ1n) is 19.0. The average Bonchev–Trinajstić information content (AvgIpc) is 3.90. The number of nitrogens with one attached hydrogen (secondary N) is 1. The largest absolute Gasteiger partial charge is 0.481 e. The Bertz CT molecular complexity index is 2150. The van der Waals surface area contributed by atoms with Crippen molar-refractivity contribution in [2.45, 2.75) is 63.6 Å². The number of ether oxygens (including phenoxy) is 3. The van der Waals surface area contributed by atoms with Gasteiger partial charge in [0.1, 0.15) is 29.1 Å². The molecule has 15 heteroatoms. The monoisotopic (exact) mass is 758 g/mol. The maximum atomic E-state index is 14.1. The van der Waals surface area contributed by atoms with Gasteiger partial charge >= 0.3 is 12.2 Å². The normalized spacial score (nSPS) is 19.1. The molecule has 290 valence electrons. The summed E-state index contributed by atoms with van der Waals surface area (Å²) in [6.45, 7) is 9.45. The number of H-pyrrole nitrogens is 1. The van der Waals surface area contributed by atoms with Crippen LogP contribution in [0.15, 0.2) is 36.5 Å². The summed E-state index contributed by atoms with van der Waals surface area (Å²) >= 11 is 0. The lowest BCUT2D eigenvalue weighted by Crippen LogP contribution is -2.62. The van der Waals surface area contributed by atoms with Crippen LogP contribution in [0.1, 0.15) is 55.6 Å². The molecule has 5 heterocycles. The Balaban J connectivity index is 1.22. The highest BCUT2D eigenvalue weighted by atomic mass is 19.4. The summed E-state index contributed by atoms with van der Waals surface area (Å²) in [6, 6.07) is 7.89. The minimum absolute atomic E-state index is 0.0655. The second-order valence-electron chi connectivity index (χ2n) is 15.6. The summed E-state index contributed by atoms with van der Waals surface area (Å²) in [5.74, 6) is 0.462. The molecule has 55 heavy (non-hydrogen) atoms. The van der Waals surface area contributed by atoms with Crippen LogP contribution in [0.25, 0.3) is 32.9 Å². The average molecular weight is 759 g/mol. The first-order valence-corrected chi connectivity index (χ1v) is 19.0. The molecule has 8 rings (SSSR count). The number of rotatable bonds is 11. The van der Waals surface area contributed by atoms with Crippen molar-refractivity contribution in [2.24, 2.45) is 5.41 Å². The predicted molar refractivity (Wildman–Crippen MR) is 200 cm³/mol. The van der Waals surface area contributed by atoms with Gasteiger partial charge in [0.05, 0.1) is 18.3 Å². The van der Waals surface area contributed by atoms with Crippen molar-refractivity contribution in [1.82, 2.24) is 30.0 Å². The highest BCUT2D eigenvalue weighted by Crippen LogP contribution is 2.53. The van der Waals surface area contributed by atoms with E-state index in [9.17, 15) is 23.2 Å². The number of carbonyl (C=O) groups excluding carboxylic acids is 1. The first-order chi connectivity index (χ1) is 26.5. The molecule has 4 aliphatic rings. The highest BCUT2D eigenvalue weighted by molar-refractivity contribution is 6.06. The van der Waals surface area contributed by atoms with Crippen molar-refractivity contribution >= 4 is 33.5 Å². The van der Waals surface area contributed by atoms with Crippen LogP contribution in [0.2, 0.25) is 0 Å². The van der Waals surface area contributed by atoms with Gasteiger partial charge in [-0.25, -0.2) is 0 Å². The van der Waals surface area contributed by atoms with Crippen LogP contribution in [-0.4, -0.2) is 114 Å². The number of aromatic nitrogens is 4. The number of anilines is 1. The molecule has 0 unspecified atom stereocenters.